The van der Waals surface area contributed by atoms with Gasteiger partial charge in [0.05, 0.1) is 0 Å². The van der Waals surface area contributed by atoms with E-state index in [1.54, 1.807) is 0 Å². The van der Waals surface area contributed by atoms with Crippen molar-refractivity contribution in [2.24, 2.45) is 0 Å². The van der Waals surface area contributed by atoms with Gasteiger partial charge in [-0.15, -0.1) is 0 Å². The Bertz CT molecular complexity index is 1380. The normalized spacial score (nSPS) is 12.3. The van der Waals surface area contributed by atoms with Crippen molar-refractivity contribution < 1.29 is 28.6 Å². The summed E-state index contributed by atoms with van der Waals surface area (Å²) in [4.78, 5) is 38.5. The number of ether oxygens (including phenoxy) is 3. The second-order valence-corrected chi connectivity index (χ2v) is 24.1. The van der Waals surface area contributed by atoms with Crippen LogP contribution in [0.15, 0.2) is 48.6 Å². The number of hydrogen-bond acceptors (Lipinski definition) is 6. The third-order valence-electron chi connectivity index (χ3n) is 16.1. The molecule has 0 aromatic carbocycles. The van der Waals surface area contributed by atoms with Gasteiger partial charge < -0.3 is 14.2 Å². The first-order chi connectivity index (χ1) is 39.5. The van der Waals surface area contributed by atoms with E-state index in [0.717, 1.165) is 83.5 Å². The highest BCUT2D eigenvalue weighted by atomic mass is 16.6. The molecule has 6 nitrogen and oxygen atoms in total. The van der Waals surface area contributed by atoms with Gasteiger partial charge in [-0.3, -0.25) is 14.4 Å². The molecule has 0 aliphatic heterocycles. The number of unbranched alkanes of at least 4 members (excludes halogenated alkanes) is 47. The summed E-state index contributed by atoms with van der Waals surface area (Å²) in [5.74, 6) is -0.838. The van der Waals surface area contributed by atoms with Gasteiger partial charge in [-0.05, 0) is 57.8 Å². The maximum atomic E-state index is 13.0. The van der Waals surface area contributed by atoms with E-state index in [2.05, 4.69) is 69.4 Å². The lowest BCUT2D eigenvalue weighted by Gasteiger charge is -2.18. The van der Waals surface area contributed by atoms with Crippen molar-refractivity contribution in [1.29, 1.82) is 0 Å². The summed E-state index contributed by atoms with van der Waals surface area (Å²) in [6.45, 7) is 6.60. The van der Waals surface area contributed by atoms with Crippen molar-refractivity contribution in [3.63, 3.8) is 0 Å². The van der Waals surface area contributed by atoms with Crippen molar-refractivity contribution in [3.8, 4) is 0 Å². The summed E-state index contributed by atoms with van der Waals surface area (Å²) < 4.78 is 17.0. The number of esters is 3. The zero-order valence-corrected chi connectivity index (χ0v) is 53.9. The molecule has 80 heavy (non-hydrogen) atoms. The van der Waals surface area contributed by atoms with Crippen LogP contribution in [0.4, 0.5) is 0 Å². The Kier molecular flexibility index (Phi) is 66.6. The Balaban J connectivity index is 4.25. The predicted molar refractivity (Wildman–Crippen MR) is 349 cm³/mol. The summed E-state index contributed by atoms with van der Waals surface area (Å²) in [6.07, 6.45) is 87.1. The number of rotatable bonds is 66. The topological polar surface area (TPSA) is 78.9 Å². The Morgan fingerprint density at radius 1 is 0.263 bits per heavy atom. The van der Waals surface area contributed by atoms with Crippen LogP contribution >= 0.6 is 0 Å². The summed E-state index contributed by atoms with van der Waals surface area (Å²) >= 11 is 0. The molecule has 0 amide bonds. The molecule has 0 saturated carbocycles. The maximum Gasteiger partial charge on any atom is 0.306 e. The largest absolute Gasteiger partial charge is 0.462 e. The molecule has 0 aromatic rings. The molecule has 0 bridgehead atoms. The van der Waals surface area contributed by atoms with Crippen LogP contribution in [0.1, 0.15) is 387 Å². The van der Waals surface area contributed by atoms with Gasteiger partial charge >= 0.3 is 17.9 Å². The van der Waals surface area contributed by atoms with Crippen molar-refractivity contribution in [2.75, 3.05) is 13.2 Å². The minimum atomic E-state index is -0.771. The Morgan fingerprint density at radius 3 is 0.762 bits per heavy atom. The van der Waals surface area contributed by atoms with Crippen molar-refractivity contribution >= 4 is 17.9 Å². The number of hydrogen-bond donors (Lipinski definition) is 0. The fraction of sp³-hybridized carbons (Fsp3) is 0.851. The molecule has 0 aromatic heterocycles. The van der Waals surface area contributed by atoms with Crippen LogP contribution in [0.2, 0.25) is 0 Å². The third kappa shape index (κ3) is 66.2. The molecule has 0 radical (unpaired) electrons. The van der Waals surface area contributed by atoms with Gasteiger partial charge in [0, 0.05) is 19.3 Å². The SMILES string of the molecule is CC/C=C\C/C=C\C/C=C\C/C=C\CCCCCCCCCCCCCCC(=O)OCC(COC(=O)CCCCCCCCCCCCCCCC)OC(=O)CCCCCCCCCCCCCCCCCCCCCCCCC. The van der Waals surface area contributed by atoms with E-state index in [1.165, 1.54) is 263 Å². The average Bonchev–Trinajstić information content (AvgIpc) is 3.46. The zero-order chi connectivity index (χ0) is 57.8. The van der Waals surface area contributed by atoms with Gasteiger partial charge in [-0.25, -0.2) is 0 Å². The van der Waals surface area contributed by atoms with Crippen LogP contribution in [0.25, 0.3) is 0 Å². The molecule has 0 aliphatic rings. The molecule has 1 atom stereocenters. The fourth-order valence-corrected chi connectivity index (χ4v) is 10.8. The standard InChI is InChI=1S/C74H136O6/c1-4-7-10-13-16-19-22-25-28-30-32-34-36-37-39-40-42-44-46-49-52-55-58-61-64-67-73(76)79-70-71(69-78-72(75)66-63-60-57-54-51-48-27-24-21-18-15-12-9-6-3)80-74(77)68-65-62-59-56-53-50-47-45-43-41-38-35-33-31-29-26-23-20-17-14-11-8-5-2/h7,10,16,19,25,28,32,34,71H,4-6,8-9,11-15,17-18,20-24,26-27,29-31,33,35-70H2,1-3H3/b10-7-,19-16-,28-25-,34-32-. The van der Waals surface area contributed by atoms with Gasteiger partial charge in [-0.2, -0.15) is 0 Å². The van der Waals surface area contributed by atoms with Gasteiger partial charge in [0.15, 0.2) is 6.10 Å². The predicted octanol–water partition coefficient (Wildman–Crippen LogP) is 24.5. The molecule has 6 heteroatoms. The van der Waals surface area contributed by atoms with Gasteiger partial charge in [-0.1, -0.05) is 358 Å². The fourth-order valence-electron chi connectivity index (χ4n) is 10.8. The molecule has 0 spiro atoms. The van der Waals surface area contributed by atoms with Gasteiger partial charge in [0.1, 0.15) is 13.2 Å². The Hall–Kier alpha value is -2.63. The molecule has 468 valence electrons. The second kappa shape index (κ2) is 68.9. The molecule has 0 rings (SSSR count). The summed E-state index contributed by atoms with van der Waals surface area (Å²) in [5, 5.41) is 0. The smallest absolute Gasteiger partial charge is 0.306 e. The first-order valence-corrected chi connectivity index (χ1v) is 35.6. The molecular weight excluding hydrogens is 985 g/mol. The maximum absolute atomic E-state index is 13.0. The highest BCUT2D eigenvalue weighted by molar-refractivity contribution is 5.71. The summed E-state index contributed by atoms with van der Waals surface area (Å²) in [6, 6.07) is 0. The van der Waals surface area contributed by atoms with Crippen LogP contribution in [-0.2, 0) is 28.6 Å². The van der Waals surface area contributed by atoms with E-state index in [9.17, 15) is 14.4 Å². The van der Waals surface area contributed by atoms with E-state index in [-0.39, 0.29) is 31.1 Å². The van der Waals surface area contributed by atoms with E-state index >= 15 is 0 Å². The first kappa shape index (κ1) is 77.4. The van der Waals surface area contributed by atoms with Crippen LogP contribution in [-0.4, -0.2) is 37.2 Å². The Labute approximate surface area is 498 Å². The molecule has 0 fully saturated rings. The van der Waals surface area contributed by atoms with Gasteiger partial charge in [0.25, 0.3) is 0 Å². The van der Waals surface area contributed by atoms with Crippen molar-refractivity contribution in [1.82, 2.24) is 0 Å². The quantitative estimate of drug-likeness (QED) is 0.0261. The second-order valence-electron chi connectivity index (χ2n) is 24.1. The van der Waals surface area contributed by atoms with Crippen LogP contribution in [0.3, 0.4) is 0 Å². The summed E-state index contributed by atoms with van der Waals surface area (Å²) in [7, 11) is 0. The highest BCUT2D eigenvalue weighted by Gasteiger charge is 2.19. The molecule has 1 unspecified atom stereocenters. The lowest BCUT2D eigenvalue weighted by molar-refractivity contribution is -0.167. The molecule has 0 N–H and O–H groups in total. The average molecular weight is 1120 g/mol. The minimum absolute atomic E-state index is 0.0669. The summed E-state index contributed by atoms with van der Waals surface area (Å²) in [5.41, 5.74) is 0. The van der Waals surface area contributed by atoms with Gasteiger partial charge in [0.2, 0.25) is 0 Å². The number of carbonyl (C=O) groups is 3. The molecular formula is C74H136O6. The van der Waals surface area contributed by atoms with Crippen LogP contribution in [0.5, 0.6) is 0 Å². The first-order valence-electron chi connectivity index (χ1n) is 35.6. The van der Waals surface area contributed by atoms with E-state index < -0.39 is 6.10 Å². The molecule has 0 saturated heterocycles. The number of allylic oxidation sites excluding steroid dienone is 8. The molecule has 0 heterocycles. The lowest BCUT2D eigenvalue weighted by Crippen LogP contribution is -2.30. The zero-order valence-electron chi connectivity index (χ0n) is 53.9. The highest BCUT2D eigenvalue weighted by Crippen LogP contribution is 2.19. The Morgan fingerprint density at radius 2 is 0.487 bits per heavy atom. The van der Waals surface area contributed by atoms with Crippen molar-refractivity contribution in [2.45, 2.75) is 393 Å². The minimum Gasteiger partial charge on any atom is -0.462 e. The van der Waals surface area contributed by atoms with E-state index in [1.807, 2.05) is 0 Å². The monoisotopic (exact) mass is 1120 g/mol. The van der Waals surface area contributed by atoms with Crippen LogP contribution in [0, 0.1) is 0 Å². The van der Waals surface area contributed by atoms with E-state index in [0.29, 0.717) is 19.3 Å². The number of carbonyl (C=O) groups excluding carboxylic acids is 3. The van der Waals surface area contributed by atoms with Crippen LogP contribution < -0.4 is 0 Å². The third-order valence-corrected chi connectivity index (χ3v) is 16.1. The van der Waals surface area contributed by atoms with Crippen molar-refractivity contribution in [3.05, 3.63) is 48.6 Å². The van der Waals surface area contributed by atoms with E-state index in [4.69, 9.17) is 14.2 Å². The molecule has 0 aliphatic carbocycles. The lowest BCUT2D eigenvalue weighted by atomic mass is 10.0.